The molecule has 1 fully saturated rings. The van der Waals surface area contributed by atoms with Crippen molar-refractivity contribution in [3.05, 3.63) is 94.6 Å². The molecular formula is C31H31NO5. The average molecular weight is 498 g/mol. The van der Waals surface area contributed by atoms with Gasteiger partial charge in [-0.1, -0.05) is 45.0 Å². The molecule has 1 atom stereocenters. The van der Waals surface area contributed by atoms with Gasteiger partial charge in [0.1, 0.15) is 17.3 Å². The molecule has 0 saturated carbocycles. The van der Waals surface area contributed by atoms with Crippen molar-refractivity contribution in [3.8, 4) is 11.5 Å². The molecule has 1 saturated heterocycles. The lowest BCUT2D eigenvalue weighted by Crippen LogP contribution is -2.29. The molecule has 6 heteroatoms. The lowest BCUT2D eigenvalue weighted by molar-refractivity contribution is -0.132. The van der Waals surface area contributed by atoms with Crippen molar-refractivity contribution in [2.75, 3.05) is 18.6 Å². The molecular weight excluding hydrogens is 466 g/mol. The first-order chi connectivity index (χ1) is 17.7. The number of aryl methyl sites for hydroxylation is 1. The van der Waals surface area contributed by atoms with E-state index in [2.05, 4.69) is 20.8 Å². The summed E-state index contributed by atoms with van der Waals surface area (Å²) in [5.41, 5.74) is 3.87. The number of ether oxygens (including phenoxy) is 2. The van der Waals surface area contributed by atoms with Gasteiger partial charge in [-0.15, -0.1) is 0 Å². The highest BCUT2D eigenvalue weighted by Crippen LogP contribution is 2.43. The number of fused-ring (bicyclic) bond motifs is 1. The smallest absolute Gasteiger partial charge is 0.300 e. The third-order valence-electron chi connectivity index (χ3n) is 7.07. The summed E-state index contributed by atoms with van der Waals surface area (Å²) in [6, 6.07) is 19.5. The Hall–Kier alpha value is -4.06. The fourth-order valence-electron chi connectivity index (χ4n) is 4.99. The van der Waals surface area contributed by atoms with Gasteiger partial charge >= 0.3 is 0 Å². The Morgan fingerprint density at radius 2 is 1.70 bits per heavy atom. The Labute approximate surface area is 217 Å². The minimum Gasteiger partial charge on any atom is -0.507 e. The highest BCUT2D eigenvalue weighted by molar-refractivity contribution is 6.51. The lowest BCUT2D eigenvalue weighted by atomic mass is 9.87. The normalized spacial score (nSPS) is 18.9. The number of aliphatic hydroxyl groups excluding tert-OH is 1. The summed E-state index contributed by atoms with van der Waals surface area (Å²) >= 11 is 0. The van der Waals surface area contributed by atoms with Crippen LogP contribution in [0.15, 0.2) is 72.3 Å². The van der Waals surface area contributed by atoms with Crippen LogP contribution in [0, 0.1) is 0 Å². The molecule has 37 heavy (non-hydrogen) atoms. The summed E-state index contributed by atoms with van der Waals surface area (Å²) in [6.07, 6.45) is 1.71. The Morgan fingerprint density at radius 3 is 2.35 bits per heavy atom. The Morgan fingerprint density at radius 1 is 1.00 bits per heavy atom. The Kier molecular flexibility index (Phi) is 6.28. The number of ketones is 1. The zero-order chi connectivity index (χ0) is 26.3. The van der Waals surface area contributed by atoms with E-state index in [0.717, 1.165) is 29.7 Å². The number of Topliss-reactive ketones (excluding diaryl/α,β-unsaturated/α-hetero) is 1. The van der Waals surface area contributed by atoms with Crippen molar-refractivity contribution in [1.29, 1.82) is 0 Å². The van der Waals surface area contributed by atoms with Gasteiger partial charge in [0.15, 0.2) is 0 Å². The second kappa shape index (κ2) is 9.43. The van der Waals surface area contributed by atoms with E-state index in [1.807, 2.05) is 48.5 Å². The van der Waals surface area contributed by atoms with Gasteiger partial charge in [-0.2, -0.15) is 0 Å². The minimum atomic E-state index is -0.793. The number of aliphatic hydroxyl groups is 1. The molecule has 0 radical (unpaired) electrons. The van der Waals surface area contributed by atoms with Crippen LogP contribution in [0.4, 0.5) is 5.69 Å². The number of benzene rings is 3. The van der Waals surface area contributed by atoms with E-state index >= 15 is 0 Å². The largest absolute Gasteiger partial charge is 0.507 e. The monoisotopic (exact) mass is 497 g/mol. The molecule has 0 aromatic heterocycles. The van der Waals surface area contributed by atoms with Crippen molar-refractivity contribution >= 4 is 23.1 Å². The van der Waals surface area contributed by atoms with Crippen LogP contribution in [0.2, 0.25) is 0 Å². The van der Waals surface area contributed by atoms with Gasteiger partial charge in [0.2, 0.25) is 0 Å². The molecule has 3 aromatic carbocycles. The SMILES string of the molecule is COc1ccc(C2/C(=C(/O)c3ccc4c(c3)CCCO4)C(=O)C(=O)N2c2ccc(C(C)(C)C)cc2)cc1. The van der Waals surface area contributed by atoms with Gasteiger partial charge in [-0.3, -0.25) is 14.5 Å². The Bertz CT molecular complexity index is 1380. The average Bonchev–Trinajstić information content (AvgIpc) is 3.17. The molecule has 1 amide bonds. The van der Waals surface area contributed by atoms with Crippen molar-refractivity contribution in [1.82, 2.24) is 0 Å². The van der Waals surface area contributed by atoms with Gasteiger partial charge in [-0.05, 0) is 77.4 Å². The molecule has 0 spiro atoms. The number of amides is 1. The van der Waals surface area contributed by atoms with Crippen molar-refractivity contribution in [2.24, 2.45) is 0 Å². The van der Waals surface area contributed by atoms with Crippen LogP contribution < -0.4 is 14.4 Å². The molecule has 3 aromatic rings. The fourth-order valence-corrected chi connectivity index (χ4v) is 4.99. The summed E-state index contributed by atoms with van der Waals surface area (Å²) in [5.74, 6) is -0.139. The molecule has 1 N–H and O–H groups in total. The molecule has 5 rings (SSSR count). The maximum atomic E-state index is 13.5. The zero-order valence-electron chi connectivity index (χ0n) is 21.6. The molecule has 190 valence electrons. The van der Waals surface area contributed by atoms with Crippen LogP contribution >= 0.6 is 0 Å². The number of nitrogens with zero attached hydrogens (tertiary/aromatic N) is 1. The van der Waals surface area contributed by atoms with Crippen LogP contribution in [0.3, 0.4) is 0 Å². The molecule has 0 bridgehead atoms. The van der Waals surface area contributed by atoms with Crippen LogP contribution in [-0.4, -0.2) is 30.5 Å². The van der Waals surface area contributed by atoms with Gasteiger partial charge in [-0.25, -0.2) is 0 Å². The van der Waals surface area contributed by atoms with Gasteiger partial charge in [0, 0.05) is 11.3 Å². The van der Waals surface area contributed by atoms with E-state index in [0.29, 0.717) is 29.2 Å². The van der Waals surface area contributed by atoms with Crippen LogP contribution in [0.5, 0.6) is 11.5 Å². The standard InChI is InChI=1S/C31H31NO5/c1-31(2,3)22-10-12-23(13-11-22)32-27(19-7-14-24(36-4)15-8-19)26(29(34)30(32)35)28(33)21-9-16-25-20(18-21)6-5-17-37-25/h7-16,18,27,33H,5-6,17H2,1-4H3/b28-26-. The van der Waals surface area contributed by atoms with E-state index < -0.39 is 17.7 Å². The van der Waals surface area contributed by atoms with Crippen LogP contribution in [-0.2, 0) is 21.4 Å². The number of methoxy groups -OCH3 is 1. The molecule has 2 aliphatic rings. The maximum Gasteiger partial charge on any atom is 0.300 e. The topological polar surface area (TPSA) is 76.1 Å². The molecule has 0 aliphatic carbocycles. The van der Waals surface area contributed by atoms with Crippen LogP contribution in [0.25, 0.3) is 5.76 Å². The zero-order valence-corrected chi connectivity index (χ0v) is 21.6. The second-order valence-corrected chi connectivity index (χ2v) is 10.5. The van der Waals surface area contributed by atoms with E-state index in [4.69, 9.17) is 9.47 Å². The quantitative estimate of drug-likeness (QED) is 0.274. The highest BCUT2D eigenvalue weighted by atomic mass is 16.5. The maximum absolute atomic E-state index is 13.5. The van der Waals surface area contributed by atoms with Gasteiger partial charge in [0.25, 0.3) is 11.7 Å². The van der Waals surface area contributed by atoms with E-state index in [9.17, 15) is 14.7 Å². The van der Waals surface area contributed by atoms with Gasteiger partial charge in [0.05, 0.1) is 25.3 Å². The number of hydrogen-bond acceptors (Lipinski definition) is 5. The number of carbonyl (C=O) groups is 2. The summed E-state index contributed by atoms with van der Waals surface area (Å²) in [5, 5.41) is 11.5. The Balaban J connectivity index is 1.65. The summed E-state index contributed by atoms with van der Waals surface area (Å²) < 4.78 is 11.0. The molecule has 2 heterocycles. The fraction of sp³-hybridized carbons (Fsp3) is 0.290. The third kappa shape index (κ3) is 4.48. The van der Waals surface area contributed by atoms with E-state index in [1.54, 1.807) is 25.3 Å². The van der Waals surface area contributed by atoms with E-state index in [1.165, 1.54) is 4.90 Å². The minimum absolute atomic E-state index is 0.0573. The number of carbonyl (C=O) groups excluding carboxylic acids is 2. The second-order valence-electron chi connectivity index (χ2n) is 10.5. The summed E-state index contributed by atoms with van der Waals surface area (Å²) in [7, 11) is 1.58. The number of rotatable bonds is 4. The molecule has 2 aliphatic heterocycles. The first-order valence-corrected chi connectivity index (χ1v) is 12.5. The predicted molar refractivity (Wildman–Crippen MR) is 143 cm³/mol. The molecule has 6 nitrogen and oxygen atoms in total. The summed E-state index contributed by atoms with van der Waals surface area (Å²) in [6.45, 7) is 7.02. The first-order valence-electron chi connectivity index (χ1n) is 12.5. The molecule has 1 unspecified atom stereocenters. The highest BCUT2D eigenvalue weighted by Gasteiger charge is 2.47. The third-order valence-corrected chi connectivity index (χ3v) is 7.07. The van der Waals surface area contributed by atoms with Crippen molar-refractivity contribution in [3.63, 3.8) is 0 Å². The van der Waals surface area contributed by atoms with Crippen LogP contribution in [0.1, 0.15) is 55.5 Å². The summed E-state index contributed by atoms with van der Waals surface area (Å²) in [4.78, 5) is 28.4. The lowest BCUT2D eigenvalue weighted by Gasteiger charge is -2.27. The predicted octanol–water partition coefficient (Wildman–Crippen LogP) is 5.94. The van der Waals surface area contributed by atoms with Crippen molar-refractivity contribution < 1.29 is 24.2 Å². The number of hydrogen-bond donors (Lipinski definition) is 1. The van der Waals surface area contributed by atoms with Gasteiger partial charge < -0.3 is 14.6 Å². The first kappa shape index (κ1) is 24.6. The van der Waals surface area contributed by atoms with Crippen molar-refractivity contribution in [2.45, 2.75) is 45.1 Å². The van der Waals surface area contributed by atoms with E-state index in [-0.39, 0.29) is 16.7 Å². The number of anilines is 1.